The maximum atomic E-state index is 12.0. The summed E-state index contributed by atoms with van der Waals surface area (Å²) < 4.78 is 16.7. The predicted octanol–water partition coefficient (Wildman–Crippen LogP) is 2.18. The zero-order chi connectivity index (χ0) is 12.5. The van der Waals surface area contributed by atoms with Gasteiger partial charge in [-0.15, -0.1) is 0 Å². The van der Waals surface area contributed by atoms with E-state index < -0.39 is 6.29 Å². The molecule has 0 aromatic heterocycles. The Morgan fingerprint density at radius 1 is 1.33 bits per heavy atom. The van der Waals surface area contributed by atoms with Gasteiger partial charge in [-0.05, 0) is 26.2 Å². The molecule has 0 aromatic rings. The van der Waals surface area contributed by atoms with Gasteiger partial charge in [0.15, 0.2) is 6.29 Å². The molecule has 0 N–H and O–H groups in total. The molecular formula is C14H20O4. The Morgan fingerprint density at radius 3 is 2.72 bits per heavy atom. The number of hydrogen-bond donors (Lipinski definition) is 0. The molecule has 2 heterocycles. The highest BCUT2D eigenvalue weighted by atomic mass is 16.7. The summed E-state index contributed by atoms with van der Waals surface area (Å²) in [4.78, 5) is 12.0. The lowest BCUT2D eigenvalue weighted by Crippen LogP contribution is -2.30. The van der Waals surface area contributed by atoms with Gasteiger partial charge in [-0.1, -0.05) is 25.0 Å². The van der Waals surface area contributed by atoms with Crippen LogP contribution in [0.2, 0.25) is 0 Å². The Hall–Kier alpha value is -0.870. The lowest BCUT2D eigenvalue weighted by atomic mass is 9.95. The molecule has 2 bridgehead atoms. The number of carbonyl (C=O) groups excluding carboxylic acids is 1. The van der Waals surface area contributed by atoms with E-state index in [4.69, 9.17) is 14.2 Å². The summed E-state index contributed by atoms with van der Waals surface area (Å²) in [6.07, 6.45) is 9.19. The van der Waals surface area contributed by atoms with E-state index in [1.165, 1.54) is 12.8 Å². The van der Waals surface area contributed by atoms with Crippen molar-refractivity contribution in [2.45, 2.75) is 63.6 Å². The Balaban J connectivity index is 1.47. The molecule has 0 amide bonds. The minimum atomic E-state index is -0.441. The average molecular weight is 252 g/mol. The third kappa shape index (κ3) is 2.45. The highest BCUT2D eigenvalue weighted by Crippen LogP contribution is 2.34. The molecule has 4 unspecified atom stereocenters. The summed E-state index contributed by atoms with van der Waals surface area (Å²) >= 11 is 0. The molecule has 4 atom stereocenters. The monoisotopic (exact) mass is 252 g/mol. The molecule has 0 aromatic carbocycles. The minimum Gasteiger partial charge on any atom is -0.436 e. The van der Waals surface area contributed by atoms with E-state index in [1.807, 2.05) is 12.2 Å². The van der Waals surface area contributed by atoms with E-state index >= 15 is 0 Å². The Labute approximate surface area is 107 Å². The Bertz CT molecular complexity index is 346. The SMILES string of the molecule is CC(OC(=O)C1CC2C=CC1O2)OC1CCCC1. The molecular weight excluding hydrogens is 232 g/mol. The van der Waals surface area contributed by atoms with Crippen LogP contribution in [0.3, 0.4) is 0 Å². The fourth-order valence-electron chi connectivity index (χ4n) is 3.08. The molecule has 100 valence electrons. The van der Waals surface area contributed by atoms with Crippen LogP contribution in [0.4, 0.5) is 0 Å². The molecule has 1 aliphatic carbocycles. The predicted molar refractivity (Wildman–Crippen MR) is 64.8 cm³/mol. The van der Waals surface area contributed by atoms with Crippen molar-refractivity contribution in [2.75, 3.05) is 0 Å². The zero-order valence-electron chi connectivity index (χ0n) is 10.7. The van der Waals surface area contributed by atoms with Crippen molar-refractivity contribution in [3.8, 4) is 0 Å². The molecule has 2 fully saturated rings. The Morgan fingerprint density at radius 2 is 2.11 bits per heavy atom. The third-order valence-corrected chi connectivity index (χ3v) is 4.00. The summed E-state index contributed by atoms with van der Waals surface area (Å²) in [5.41, 5.74) is 0. The van der Waals surface area contributed by atoms with Gasteiger partial charge in [-0.3, -0.25) is 4.79 Å². The van der Waals surface area contributed by atoms with Crippen molar-refractivity contribution in [2.24, 2.45) is 5.92 Å². The molecule has 1 saturated carbocycles. The number of rotatable bonds is 4. The summed E-state index contributed by atoms with van der Waals surface area (Å²) in [7, 11) is 0. The summed E-state index contributed by atoms with van der Waals surface area (Å²) in [5.74, 6) is -0.327. The first-order chi connectivity index (χ1) is 8.72. The summed E-state index contributed by atoms with van der Waals surface area (Å²) in [6.45, 7) is 1.81. The van der Waals surface area contributed by atoms with Crippen LogP contribution in [-0.2, 0) is 19.0 Å². The van der Waals surface area contributed by atoms with Crippen molar-refractivity contribution < 1.29 is 19.0 Å². The van der Waals surface area contributed by atoms with Gasteiger partial charge < -0.3 is 14.2 Å². The third-order valence-electron chi connectivity index (χ3n) is 4.00. The van der Waals surface area contributed by atoms with Crippen molar-refractivity contribution in [3.63, 3.8) is 0 Å². The van der Waals surface area contributed by atoms with Gasteiger partial charge in [0.2, 0.25) is 0 Å². The molecule has 1 saturated heterocycles. The fraction of sp³-hybridized carbons (Fsp3) is 0.786. The number of hydrogen-bond acceptors (Lipinski definition) is 4. The molecule has 0 radical (unpaired) electrons. The Kier molecular flexibility index (Phi) is 3.39. The van der Waals surface area contributed by atoms with Gasteiger partial charge >= 0.3 is 5.97 Å². The molecule has 3 rings (SSSR count). The van der Waals surface area contributed by atoms with Crippen molar-refractivity contribution in [3.05, 3.63) is 12.2 Å². The minimum absolute atomic E-state index is 0.0822. The van der Waals surface area contributed by atoms with E-state index in [0.717, 1.165) is 19.3 Å². The largest absolute Gasteiger partial charge is 0.436 e. The average Bonchev–Trinajstić information content (AvgIpc) is 3.04. The topological polar surface area (TPSA) is 44.8 Å². The lowest BCUT2D eigenvalue weighted by molar-refractivity contribution is -0.189. The van der Waals surface area contributed by atoms with Crippen LogP contribution in [0, 0.1) is 5.92 Å². The van der Waals surface area contributed by atoms with Crippen molar-refractivity contribution in [1.29, 1.82) is 0 Å². The number of esters is 1. The summed E-state index contributed by atoms with van der Waals surface area (Å²) in [5, 5.41) is 0. The maximum absolute atomic E-state index is 12.0. The van der Waals surface area contributed by atoms with Gasteiger partial charge in [0.25, 0.3) is 0 Å². The van der Waals surface area contributed by atoms with E-state index in [-0.39, 0.29) is 30.2 Å². The second-order valence-electron chi connectivity index (χ2n) is 5.41. The first kappa shape index (κ1) is 12.2. The molecule has 0 spiro atoms. The van der Waals surface area contributed by atoms with Crippen LogP contribution < -0.4 is 0 Å². The van der Waals surface area contributed by atoms with Crippen LogP contribution in [0.15, 0.2) is 12.2 Å². The fourth-order valence-corrected chi connectivity index (χ4v) is 3.08. The first-order valence-electron chi connectivity index (χ1n) is 6.92. The summed E-state index contributed by atoms with van der Waals surface area (Å²) in [6, 6.07) is 0. The van der Waals surface area contributed by atoms with Crippen molar-refractivity contribution in [1.82, 2.24) is 0 Å². The van der Waals surface area contributed by atoms with E-state index in [2.05, 4.69) is 0 Å². The zero-order valence-corrected chi connectivity index (χ0v) is 10.7. The van der Waals surface area contributed by atoms with E-state index in [9.17, 15) is 4.79 Å². The second kappa shape index (κ2) is 5.02. The highest BCUT2D eigenvalue weighted by molar-refractivity contribution is 5.74. The van der Waals surface area contributed by atoms with Crippen LogP contribution in [0.25, 0.3) is 0 Å². The van der Waals surface area contributed by atoms with Gasteiger partial charge in [-0.25, -0.2) is 0 Å². The van der Waals surface area contributed by atoms with E-state index in [1.54, 1.807) is 6.92 Å². The highest BCUT2D eigenvalue weighted by Gasteiger charge is 2.42. The first-order valence-corrected chi connectivity index (χ1v) is 6.92. The number of carbonyl (C=O) groups is 1. The molecule has 3 aliphatic rings. The maximum Gasteiger partial charge on any atom is 0.314 e. The van der Waals surface area contributed by atoms with Gasteiger partial charge in [0, 0.05) is 0 Å². The molecule has 4 nitrogen and oxygen atoms in total. The van der Waals surface area contributed by atoms with Crippen molar-refractivity contribution >= 4 is 5.97 Å². The normalized spacial score (nSPS) is 36.2. The number of ether oxygens (including phenoxy) is 3. The standard InChI is InChI=1S/C14H20O4/c1-9(16-10-4-2-3-5-10)17-14(15)12-8-11-6-7-13(12)18-11/h6-7,9-13H,2-5,8H2,1H3. The molecule has 4 heteroatoms. The number of fused-ring (bicyclic) bond motifs is 2. The smallest absolute Gasteiger partial charge is 0.314 e. The molecule has 2 aliphatic heterocycles. The van der Waals surface area contributed by atoms with Crippen LogP contribution >= 0.6 is 0 Å². The van der Waals surface area contributed by atoms with Crippen LogP contribution in [0.1, 0.15) is 39.0 Å². The quantitative estimate of drug-likeness (QED) is 0.437. The second-order valence-corrected chi connectivity index (χ2v) is 5.41. The van der Waals surface area contributed by atoms with Gasteiger partial charge in [-0.2, -0.15) is 0 Å². The van der Waals surface area contributed by atoms with Crippen LogP contribution in [-0.4, -0.2) is 30.6 Å². The molecule has 18 heavy (non-hydrogen) atoms. The van der Waals surface area contributed by atoms with Crippen LogP contribution in [0.5, 0.6) is 0 Å². The van der Waals surface area contributed by atoms with Gasteiger partial charge in [0.1, 0.15) is 0 Å². The van der Waals surface area contributed by atoms with Gasteiger partial charge in [0.05, 0.1) is 24.2 Å². The van der Waals surface area contributed by atoms with E-state index in [0.29, 0.717) is 0 Å². The lowest BCUT2D eigenvalue weighted by Gasteiger charge is -2.21.